The van der Waals surface area contributed by atoms with Gasteiger partial charge in [-0.3, -0.25) is 0 Å². The Hall–Kier alpha value is -2.90. The average Bonchev–Trinajstić information content (AvgIpc) is 3.67. The van der Waals surface area contributed by atoms with Crippen LogP contribution in [0.3, 0.4) is 0 Å². The Morgan fingerprint density at radius 2 is 2.12 bits per heavy atom. The fourth-order valence-corrected chi connectivity index (χ4v) is 7.15. The van der Waals surface area contributed by atoms with Crippen LogP contribution in [0.2, 0.25) is 0 Å². The minimum absolute atomic E-state index is 0.00790. The van der Waals surface area contributed by atoms with Gasteiger partial charge in [0, 0.05) is 36.5 Å². The Morgan fingerprint density at radius 3 is 2.83 bits per heavy atom. The summed E-state index contributed by atoms with van der Waals surface area (Å²) >= 11 is 3.42. The molecule has 2 bridgehead atoms. The van der Waals surface area contributed by atoms with Gasteiger partial charge in [0.05, 0.1) is 33.5 Å². The predicted octanol–water partition coefficient (Wildman–Crippen LogP) is 6.20. The molecule has 1 saturated carbocycles. The molecule has 212 valence electrons. The van der Waals surface area contributed by atoms with E-state index in [-0.39, 0.29) is 36.0 Å². The molecule has 1 amide bonds. The number of hydrogen-bond acceptors (Lipinski definition) is 6. The van der Waals surface area contributed by atoms with Crippen molar-refractivity contribution in [1.29, 1.82) is 5.26 Å². The average molecular weight is 613 g/mol. The summed E-state index contributed by atoms with van der Waals surface area (Å²) in [7, 11) is 2.10. The quantitative estimate of drug-likeness (QED) is 0.330. The smallest absolute Gasteiger partial charge is 0.410 e. The van der Waals surface area contributed by atoms with Crippen LogP contribution in [0.15, 0.2) is 22.8 Å². The van der Waals surface area contributed by atoms with Crippen molar-refractivity contribution in [2.45, 2.75) is 76.6 Å². The first kappa shape index (κ1) is 27.3. The number of fused-ring (bicyclic) bond motifs is 4. The molecule has 3 aromatic rings. The third-order valence-corrected chi connectivity index (χ3v) is 9.52. The van der Waals surface area contributed by atoms with Crippen LogP contribution >= 0.6 is 15.9 Å². The second-order valence-corrected chi connectivity index (χ2v) is 13.2. The molecule has 3 unspecified atom stereocenters. The van der Waals surface area contributed by atoms with E-state index in [1.54, 1.807) is 0 Å². The second-order valence-electron chi connectivity index (χ2n) is 12.4. The summed E-state index contributed by atoms with van der Waals surface area (Å²) < 4.78 is 30.4. The van der Waals surface area contributed by atoms with E-state index in [1.807, 2.05) is 44.0 Å². The lowest BCUT2D eigenvalue weighted by atomic mass is 9.79. The van der Waals surface area contributed by atoms with Crippen LogP contribution < -0.4 is 4.74 Å². The summed E-state index contributed by atoms with van der Waals surface area (Å²) in [5, 5.41) is 10.7. The zero-order valence-electron chi connectivity index (χ0n) is 23.4. The van der Waals surface area contributed by atoms with E-state index < -0.39 is 11.4 Å². The number of rotatable bonds is 6. The fraction of sp³-hybridized carbons (Fsp3) is 0.567. The molecule has 10 heteroatoms. The van der Waals surface area contributed by atoms with Gasteiger partial charge in [-0.25, -0.2) is 14.2 Å². The SMILES string of the molecule is CN1CCC[C@H]1COc1nc2c(F)c(Br)c(CCC#N)cc2c2c1ccn2C1C2CC1N(C(=O)OC(C)(C)C)C2. The molecule has 7 rings (SSSR count). The number of benzene rings is 1. The molecule has 4 aliphatic rings. The highest BCUT2D eigenvalue weighted by Gasteiger charge is 2.55. The van der Waals surface area contributed by atoms with Crippen molar-refractivity contribution < 1.29 is 18.7 Å². The number of carbonyl (C=O) groups excluding carboxylic acids is 1. The molecule has 3 aliphatic heterocycles. The minimum Gasteiger partial charge on any atom is -0.476 e. The molecule has 0 spiro atoms. The first-order valence-corrected chi connectivity index (χ1v) is 14.9. The Morgan fingerprint density at radius 1 is 1.32 bits per heavy atom. The zero-order valence-corrected chi connectivity index (χ0v) is 25.0. The number of amides is 1. The van der Waals surface area contributed by atoms with Crippen molar-refractivity contribution in [3.8, 4) is 11.9 Å². The summed E-state index contributed by atoms with van der Waals surface area (Å²) in [4.78, 5) is 21.8. The summed E-state index contributed by atoms with van der Waals surface area (Å²) in [5.41, 5.74) is 1.27. The topological polar surface area (TPSA) is 83.6 Å². The molecular formula is C30H35BrFN5O3. The minimum atomic E-state index is -0.564. The number of likely N-dealkylation sites (N-methyl/N-ethyl adjacent to an activating group) is 1. The molecule has 1 aromatic carbocycles. The van der Waals surface area contributed by atoms with Gasteiger partial charge in [-0.2, -0.15) is 5.26 Å². The largest absolute Gasteiger partial charge is 0.476 e. The number of nitriles is 1. The molecule has 8 nitrogen and oxygen atoms in total. The summed E-state index contributed by atoms with van der Waals surface area (Å²) in [6.45, 7) is 7.79. The molecule has 5 heterocycles. The van der Waals surface area contributed by atoms with Crippen molar-refractivity contribution >= 4 is 43.8 Å². The van der Waals surface area contributed by atoms with E-state index >= 15 is 4.39 Å². The van der Waals surface area contributed by atoms with Gasteiger partial charge >= 0.3 is 6.09 Å². The molecule has 4 atom stereocenters. The fourth-order valence-electron chi connectivity index (χ4n) is 6.65. The number of carbonyl (C=O) groups is 1. The van der Waals surface area contributed by atoms with Crippen LogP contribution in [0.4, 0.5) is 9.18 Å². The van der Waals surface area contributed by atoms with Gasteiger partial charge in [0.2, 0.25) is 5.88 Å². The van der Waals surface area contributed by atoms with Crippen molar-refractivity contribution in [3.05, 3.63) is 34.2 Å². The molecule has 4 fully saturated rings. The van der Waals surface area contributed by atoms with Crippen molar-refractivity contribution in [2.75, 3.05) is 26.7 Å². The van der Waals surface area contributed by atoms with Crippen LogP contribution in [0, 0.1) is 23.1 Å². The number of likely N-dealkylation sites (tertiary alicyclic amines) is 1. The van der Waals surface area contributed by atoms with Crippen LogP contribution in [0.25, 0.3) is 21.8 Å². The summed E-state index contributed by atoms with van der Waals surface area (Å²) in [6.07, 6.45) is 5.56. The van der Waals surface area contributed by atoms with Crippen molar-refractivity contribution in [2.24, 2.45) is 5.92 Å². The van der Waals surface area contributed by atoms with Gasteiger partial charge < -0.3 is 23.8 Å². The first-order valence-electron chi connectivity index (χ1n) is 14.1. The monoisotopic (exact) mass is 611 g/mol. The highest BCUT2D eigenvalue weighted by molar-refractivity contribution is 9.10. The Labute approximate surface area is 242 Å². The Balaban J connectivity index is 1.44. The number of pyridine rings is 1. The lowest BCUT2D eigenvalue weighted by Gasteiger charge is -2.38. The number of halogens is 2. The predicted molar refractivity (Wildman–Crippen MR) is 154 cm³/mol. The lowest BCUT2D eigenvalue weighted by Crippen LogP contribution is -2.44. The van der Waals surface area contributed by atoms with E-state index in [0.29, 0.717) is 41.4 Å². The molecule has 40 heavy (non-hydrogen) atoms. The maximum absolute atomic E-state index is 15.9. The van der Waals surface area contributed by atoms with E-state index in [9.17, 15) is 4.79 Å². The Kier molecular flexibility index (Phi) is 6.94. The van der Waals surface area contributed by atoms with Gasteiger partial charge in [0.25, 0.3) is 0 Å². The molecule has 0 radical (unpaired) electrons. The maximum atomic E-state index is 15.9. The first-order chi connectivity index (χ1) is 19.1. The number of aryl methyl sites for hydroxylation is 1. The van der Waals surface area contributed by atoms with Crippen LogP contribution in [0.1, 0.15) is 58.1 Å². The maximum Gasteiger partial charge on any atom is 0.410 e. The van der Waals surface area contributed by atoms with Crippen LogP contribution in [-0.4, -0.2) is 69.9 Å². The molecule has 3 saturated heterocycles. The second kappa shape index (κ2) is 10.2. The highest BCUT2D eigenvalue weighted by Crippen LogP contribution is 2.52. The highest BCUT2D eigenvalue weighted by atomic mass is 79.9. The van der Waals surface area contributed by atoms with Crippen molar-refractivity contribution in [1.82, 2.24) is 19.4 Å². The summed E-state index contributed by atoms with van der Waals surface area (Å²) in [6, 6.07) is 6.47. The number of aromatic nitrogens is 2. The lowest BCUT2D eigenvalue weighted by molar-refractivity contribution is 0.0211. The van der Waals surface area contributed by atoms with Gasteiger partial charge in [-0.1, -0.05) is 0 Å². The van der Waals surface area contributed by atoms with E-state index in [4.69, 9.17) is 19.7 Å². The number of nitrogens with zero attached hydrogens (tertiary/aromatic N) is 5. The Bertz CT molecular complexity index is 1530. The van der Waals surface area contributed by atoms with Crippen molar-refractivity contribution in [3.63, 3.8) is 0 Å². The van der Waals surface area contributed by atoms with Crippen LogP contribution in [0.5, 0.6) is 5.88 Å². The van der Waals surface area contributed by atoms with Gasteiger partial charge in [-0.05, 0) is 93.7 Å². The van der Waals surface area contributed by atoms with Gasteiger partial charge in [-0.15, -0.1) is 0 Å². The van der Waals surface area contributed by atoms with Crippen LogP contribution in [-0.2, 0) is 11.2 Å². The zero-order chi connectivity index (χ0) is 28.3. The molecule has 0 N–H and O–H groups in total. The molecule has 1 aliphatic carbocycles. The van der Waals surface area contributed by atoms with E-state index in [2.05, 4.69) is 38.5 Å². The van der Waals surface area contributed by atoms with E-state index in [1.165, 1.54) is 0 Å². The third kappa shape index (κ3) is 4.61. The molecule has 2 aromatic heterocycles. The van der Waals surface area contributed by atoms with E-state index in [0.717, 1.165) is 42.3 Å². The number of hydrogen-bond donors (Lipinski definition) is 0. The summed E-state index contributed by atoms with van der Waals surface area (Å²) in [5.74, 6) is 0.258. The van der Waals surface area contributed by atoms with Gasteiger partial charge in [0.1, 0.15) is 17.7 Å². The normalized spacial score (nSPS) is 24.5. The van der Waals surface area contributed by atoms with Gasteiger partial charge in [0.15, 0.2) is 5.82 Å². The molecular weight excluding hydrogens is 577 g/mol. The number of ether oxygens (including phenoxy) is 2. The third-order valence-electron chi connectivity index (χ3n) is 8.66. The standard InChI is InChI=1S/C30H35BrFN5O3/c1-30(2,3)40-29(38)37-15-18-14-22(37)26(18)36-12-9-20-27(36)21-13-17(7-5-10-33)23(31)24(32)25(21)34-28(20)39-16-19-8-6-11-35(19)4/h9,12-13,18-19,22,26H,5-8,11,14-16H2,1-4H3/t18?,19-,22?,26?/m0/s1.